The van der Waals surface area contributed by atoms with Gasteiger partial charge in [0.05, 0.1) is 6.54 Å². The third-order valence-electron chi connectivity index (χ3n) is 5.43. The van der Waals surface area contributed by atoms with Crippen molar-refractivity contribution in [2.45, 2.75) is 75.6 Å². The van der Waals surface area contributed by atoms with Crippen LogP contribution in [-0.2, 0) is 0 Å². The summed E-state index contributed by atoms with van der Waals surface area (Å²) < 4.78 is 0. The predicted octanol–water partition coefficient (Wildman–Crippen LogP) is 4.82. The maximum absolute atomic E-state index is 6.45. The monoisotopic (exact) mass is 328 g/mol. The van der Waals surface area contributed by atoms with E-state index in [2.05, 4.69) is 10.3 Å². The number of halogens is 1. The molecule has 0 aromatic carbocycles. The Kier molecular flexibility index (Phi) is 6.17. The van der Waals surface area contributed by atoms with Crippen LogP contribution >= 0.6 is 23.4 Å². The van der Waals surface area contributed by atoms with Crippen LogP contribution in [0.4, 0.5) is 0 Å². The average molecular weight is 329 g/mol. The lowest BCUT2D eigenvalue weighted by molar-refractivity contribution is 0.230. The quantitative estimate of drug-likeness (QED) is 0.748. The second-order valence-electron chi connectivity index (χ2n) is 7.05. The molecular weight excluding hydrogens is 300 g/mol. The molecule has 1 aliphatic heterocycles. The summed E-state index contributed by atoms with van der Waals surface area (Å²) in [7, 11) is 0. The Morgan fingerprint density at radius 2 is 2.00 bits per heavy atom. The fourth-order valence-electron chi connectivity index (χ4n) is 4.26. The lowest BCUT2D eigenvalue weighted by Crippen LogP contribution is -2.42. The third kappa shape index (κ3) is 4.79. The van der Waals surface area contributed by atoms with Gasteiger partial charge in [0.2, 0.25) is 0 Å². The molecular formula is C17H29ClN2S. The van der Waals surface area contributed by atoms with Gasteiger partial charge >= 0.3 is 0 Å². The molecule has 0 spiro atoms. The Labute approximate surface area is 138 Å². The van der Waals surface area contributed by atoms with Gasteiger partial charge in [-0.1, -0.05) is 50.3 Å². The highest BCUT2D eigenvalue weighted by atomic mass is 35.5. The molecule has 120 valence electrons. The van der Waals surface area contributed by atoms with Gasteiger partial charge < -0.3 is 5.32 Å². The van der Waals surface area contributed by atoms with Crippen LogP contribution in [0, 0.1) is 11.8 Å². The fourth-order valence-corrected chi connectivity index (χ4v) is 5.44. The topological polar surface area (TPSA) is 24.4 Å². The molecule has 2 fully saturated rings. The van der Waals surface area contributed by atoms with E-state index in [9.17, 15) is 0 Å². The summed E-state index contributed by atoms with van der Waals surface area (Å²) in [6.07, 6.45) is 13.6. The maximum atomic E-state index is 6.45. The zero-order valence-electron chi connectivity index (χ0n) is 13.0. The maximum Gasteiger partial charge on any atom is 0.156 e. The predicted molar refractivity (Wildman–Crippen MR) is 94.5 cm³/mol. The first-order valence-corrected chi connectivity index (χ1v) is 10.3. The second-order valence-corrected chi connectivity index (χ2v) is 8.75. The number of alkyl halides is 1. The van der Waals surface area contributed by atoms with E-state index in [4.69, 9.17) is 11.6 Å². The van der Waals surface area contributed by atoms with Crippen LogP contribution in [0.2, 0.25) is 0 Å². The summed E-state index contributed by atoms with van der Waals surface area (Å²) in [6.45, 7) is 0.992. The van der Waals surface area contributed by atoms with Crippen molar-refractivity contribution < 1.29 is 0 Å². The highest BCUT2D eigenvalue weighted by Crippen LogP contribution is 2.35. The normalized spacial score (nSPS) is 32.7. The van der Waals surface area contributed by atoms with Crippen molar-refractivity contribution in [3.8, 4) is 0 Å². The van der Waals surface area contributed by atoms with Crippen LogP contribution in [0.5, 0.6) is 0 Å². The number of aliphatic imine (C=N–C) groups is 1. The molecule has 2 nitrogen and oxygen atoms in total. The van der Waals surface area contributed by atoms with Crippen molar-refractivity contribution in [1.82, 2.24) is 5.32 Å². The van der Waals surface area contributed by atoms with E-state index in [1.54, 1.807) is 0 Å². The molecule has 1 heterocycles. The summed E-state index contributed by atoms with van der Waals surface area (Å²) in [5, 5.41) is 5.41. The molecule has 3 rings (SSSR count). The largest absolute Gasteiger partial charge is 0.362 e. The number of nitrogens with one attached hydrogen (secondary N) is 1. The van der Waals surface area contributed by atoms with Crippen LogP contribution in [0.25, 0.3) is 0 Å². The number of thioether (sulfide) groups is 1. The highest BCUT2D eigenvalue weighted by molar-refractivity contribution is 8.14. The Morgan fingerprint density at radius 1 is 1.14 bits per heavy atom. The Hall–Kier alpha value is 0.110. The average Bonchev–Trinajstić information content (AvgIpc) is 3.01. The first-order chi connectivity index (χ1) is 10.3. The molecule has 3 aliphatic rings. The van der Waals surface area contributed by atoms with Gasteiger partial charge in [-0.2, -0.15) is 0 Å². The van der Waals surface area contributed by atoms with Gasteiger partial charge in [0.1, 0.15) is 0 Å². The first kappa shape index (κ1) is 16.0. The molecule has 1 N–H and O–H groups in total. The van der Waals surface area contributed by atoms with E-state index < -0.39 is 0 Å². The second kappa shape index (κ2) is 8.10. The zero-order valence-corrected chi connectivity index (χ0v) is 14.6. The van der Waals surface area contributed by atoms with Crippen LogP contribution < -0.4 is 5.32 Å². The Balaban J connectivity index is 1.60. The fraction of sp³-hybridized carbons (Fsp3) is 0.941. The minimum absolute atomic E-state index is 0.401. The third-order valence-corrected chi connectivity index (χ3v) is 6.73. The van der Waals surface area contributed by atoms with E-state index in [1.807, 2.05) is 11.8 Å². The zero-order chi connectivity index (χ0) is 14.5. The lowest BCUT2D eigenvalue weighted by Gasteiger charge is -2.36. The number of hydrogen-bond acceptors (Lipinski definition) is 3. The van der Waals surface area contributed by atoms with Crippen molar-refractivity contribution in [2.24, 2.45) is 16.8 Å². The minimum Gasteiger partial charge on any atom is -0.362 e. The van der Waals surface area contributed by atoms with Crippen LogP contribution in [0.3, 0.4) is 0 Å². The summed E-state index contributed by atoms with van der Waals surface area (Å²) >= 11 is 8.36. The minimum atomic E-state index is 0.401. The summed E-state index contributed by atoms with van der Waals surface area (Å²) in [6, 6.07) is 0.610. The van der Waals surface area contributed by atoms with Gasteiger partial charge in [-0.3, -0.25) is 4.99 Å². The number of nitrogens with zero attached hydrogens (tertiary/aromatic N) is 1. The van der Waals surface area contributed by atoms with Gasteiger partial charge in [0.25, 0.3) is 0 Å². The van der Waals surface area contributed by atoms with Gasteiger partial charge in [-0.05, 0) is 37.5 Å². The molecule has 0 aromatic heterocycles. The number of hydrogen-bond donors (Lipinski definition) is 1. The molecule has 0 radical (unpaired) electrons. The molecule has 2 aliphatic carbocycles. The molecule has 3 atom stereocenters. The number of rotatable bonds is 4. The van der Waals surface area contributed by atoms with Gasteiger partial charge in [-0.25, -0.2) is 0 Å². The highest BCUT2D eigenvalue weighted by Gasteiger charge is 2.31. The molecule has 3 unspecified atom stereocenters. The van der Waals surface area contributed by atoms with Crippen LogP contribution in [-0.4, -0.2) is 28.9 Å². The summed E-state index contributed by atoms with van der Waals surface area (Å²) in [5.41, 5.74) is 0. The van der Waals surface area contributed by atoms with Gasteiger partial charge in [-0.15, -0.1) is 11.6 Å². The molecule has 4 heteroatoms. The molecule has 0 aromatic rings. The summed E-state index contributed by atoms with van der Waals surface area (Å²) in [4.78, 5) is 4.62. The van der Waals surface area contributed by atoms with E-state index in [1.165, 1.54) is 69.4 Å². The first-order valence-electron chi connectivity index (χ1n) is 8.89. The lowest BCUT2D eigenvalue weighted by atomic mass is 9.77. The number of amidine groups is 1. The van der Waals surface area contributed by atoms with Crippen molar-refractivity contribution in [3.05, 3.63) is 0 Å². The van der Waals surface area contributed by atoms with Crippen molar-refractivity contribution >= 4 is 28.5 Å². The van der Waals surface area contributed by atoms with Crippen LogP contribution in [0.15, 0.2) is 4.99 Å². The Morgan fingerprint density at radius 3 is 2.71 bits per heavy atom. The molecule has 0 bridgehead atoms. The van der Waals surface area contributed by atoms with E-state index in [-0.39, 0.29) is 0 Å². The van der Waals surface area contributed by atoms with Crippen molar-refractivity contribution in [3.63, 3.8) is 0 Å². The van der Waals surface area contributed by atoms with E-state index in [0.717, 1.165) is 24.1 Å². The van der Waals surface area contributed by atoms with Gasteiger partial charge in [0.15, 0.2) is 5.17 Å². The standard InChI is InChI=1S/C17H29ClN2S/c18-15-8-4-7-14(12-15)16(20-17-19-9-10-21-17)11-13-5-2-1-3-6-13/h13-16H,1-12H2,(H,19,20). The van der Waals surface area contributed by atoms with Gasteiger partial charge in [0, 0.05) is 17.2 Å². The SMILES string of the molecule is ClC1CCCC(C(CC2CCCCC2)NC2=NCCS2)C1. The molecule has 2 saturated carbocycles. The van der Waals surface area contributed by atoms with E-state index >= 15 is 0 Å². The molecule has 21 heavy (non-hydrogen) atoms. The summed E-state index contributed by atoms with van der Waals surface area (Å²) in [5.74, 6) is 2.84. The smallest absolute Gasteiger partial charge is 0.156 e. The molecule has 0 saturated heterocycles. The Bertz CT molecular complexity index is 355. The molecule has 0 amide bonds. The van der Waals surface area contributed by atoms with E-state index in [0.29, 0.717) is 11.4 Å². The van der Waals surface area contributed by atoms with Crippen molar-refractivity contribution in [2.75, 3.05) is 12.3 Å². The van der Waals surface area contributed by atoms with Crippen molar-refractivity contribution in [1.29, 1.82) is 0 Å². The van der Waals surface area contributed by atoms with Crippen LogP contribution in [0.1, 0.15) is 64.2 Å².